The molecule has 0 spiro atoms. The number of rotatable bonds is 5. The Balaban J connectivity index is 1.65. The lowest BCUT2D eigenvalue weighted by atomic mass is 9.98. The second-order valence-electron chi connectivity index (χ2n) is 4.79. The molecule has 1 aliphatic heterocycles. The molecule has 0 aliphatic carbocycles. The number of hydrogen-bond acceptors (Lipinski definition) is 3. The summed E-state index contributed by atoms with van der Waals surface area (Å²) in [7, 11) is 0. The molecule has 1 fully saturated rings. The van der Waals surface area contributed by atoms with Gasteiger partial charge in [0.2, 0.25) is 0 Å². The van der Waals surface area contributed by atoms with Gasteiger partial charge in [0.05, 0.1) is 6.26 Å². The molecule has 3 heteroatoms. The molecule has 0 aromatic carbocycles. The molecule has 16 heavy (non-hydrogen) atoms. The van der Waals surface area contributed by atoms with E-state index in [0.29, 0.717) is 6.04 Å². The van der Waals surface area contributed by atoms with Gasteiger partial charge in [0.1, 0.15) is 5.76 Å². The number of hydrogen-bond donors (Lipinski definition) is 2. The third-order valence-corrected chi connectivity index (χ3v) is 3.30. The molecule has 1 unspecified atom stereocenters. The third kappa shape index (κ3) is 3.65. The van der Waals surface area contributed by atoms with Crippen molar-refractivity contribution in [3.8, 4) is 0 Å². The fraction of sp³-hybridized carbons (Fsp3) is 0.692. The molecule has 3 nitrogen and oxygen atoms in total. The maximum absolute atomic E-state index is 5.35. The molecular weight excluding hydrogens is 200 g/mol. The molecular formula is C13H22N2O. The molecule has 0 radical (unpaired) electrons. The van der Waals surface area contributed by atoms with E-state index >= 15 is 0 Å². The van der Waals surface area contributed by atoms with E-state index in [9.17, 15) is 0 Å². The van der Waals surface area contributed by atoms with Crippen molar-refractivity contribution in [3.63, 3.8) is 0 Å². The zero-order valence-corrected chi connectivity index (χ0v) is 10.0. The van der Waals surface area contributed by atoms with Gasteiger partial charge in [-0.25, -0.2) is 0 Å². The highest BCUT2D eigenvalue weighted by Crippen LogP contribution is 2.11. The monoisotopic (exact) mass is 222 g/mol. The van der Waals surface area contributed by atoms with E-state index in [0.717, 1.165) is 24.6 Å². The maximum Gasteiger partial charge on any atom is 0.105 e. The van der Waals surface area contributed by atoms with Gasteiger partial charge in [0.25, 0.3) is 0 Å². The van der Waals surface area contributed by atoms with Gasteiger partial charge in [-0.2, -0.15) is 0 Å². The third-order valence-electron chi connectivity index (χ3n) is 3.30. The quantitative estimate of drug-likeness (QED) is 0.797. The van der Waals surface area contributed by atoms with Gasteiger partial charge >= 0.3 is 0 Å². The van der Waals surface area contributed by atoms with E-state index in [1.54, 1.807) is 6.26 Å². The first-order valence-corrected chi connectivity index (χ1v) is 6.31. The molecule has 0 saturated carbocycles. The van der Waals surface area contributed by atoms with Crippen LogP contribution in [0, 0.1) is 5.92 Å². The van der Waals surface area contributed by atoms with Gasteiger partial charge in [-0.3, -0.25) is 0 Å². The minimum atomic E-state index is 0.501. The topological polar surface area (TPSA) is 37.2 Å². The summed E-state index contributed by atoms with van der Waals surface area (Å²) in [5.74, 6) is 1.92. The first kappa shape index (κ1) is 11.7. The van der Waals surface area contributed by atoms with Gasteiger partial charge < -0.3 is 15.1 Å². The second-order valence-corrected chi connectivity index (χ2v) is 4.79. The van der Waals surface area contributed by atoms with Crippen LogP contribution < -0.4 is 10.6 Å². The first-order valence-electron chi connectivity index (χ1n) is 6.31. The lowest BCUT2D eigenvalue weighted by Crippen LogP contribution is -2.37. The molecule has 1 aromatic heterocycles. The van der Waals surface area contributed by atoms with E-state index in [-0.39, 0.29) is 0 Å². The minimum absolute atomic E-state index is 0.501. The van der Waals surface area contributed by atoms with Crippen molar-refractivity contribution in [1.82, 2.24) is 10.6 Å². The molecule has 2 N–H and O–H groups in total. The van der Waals surface area contributed by atoms with Crippen LogP contribution in [0.1, 0.15) is 25.5 Å². The maximum atomic E-state index is 5.35. The highest BCUT2D eigenvalue weighted by Gasteiger charge is 2.14. The number of nitrogens with one attached hydrogen (secondary N) is 2. The van der Waals surface area contributed by atoms with Crippen LogP contribution in [0.25, 0.3) is 0 Å². The van der Waals surface area contributed by atoms with Crippen LogP contribution in [0.2, 0.25) is 0 Å². The molecule has 0 bridgehead atoms. The minimum Gasteiger partial charge on any atom is -0.469 e. The normalized spacial score (nSPS) is 19.8. The number of piperidine rings is 1. The van der Waals surface area contributed by atoms with Gasteiger partial charge in [-0.05, 0) is 57.5 Å². The predicted molar refractivity (Wildman–Crippen MR) is 65.5 cm³/mol. The standard InChI is InChI=1S/C13H22N2O/c1-11(9-13-3-2-8-16-13)15-10-12-4-6-14-7-5-12/h2-3,8,11-12,14-15H,4-7,9-10H2,1H3. The van der Waals surface area contributed by atoms with Crippen LogP contribution in [0.15, 0.2) is 22.8 Å². The Morgan fingerprint density at radius 3 is 3.00 bits per heavy atom. The van der Waals surface area contributed by atoms with Crippen molar-refractivity contribution in [2.24, 2.45) is 5.92 Å². The lowest BCUT2D eigenvalue weighted by Gasteiger charge is -2.24. The summed E-state index contributed by atoms with van der Waals surface area (Å²) in [6.07, 6.45) is 5.34. The Morgan fingerprint density at radius 2 is 2.31 bits per heavy atom. The van der Waals surface area contributed by atoms with Crippen LogP contribution in [0.5, 0.6) is 0 Å². The van der Waals surface area contributed by atoms with Crippen LogP contribution in [-0.2, 0) is 6.42 Å². The molecule has 90 valence electrons. The zero-order chi connectivity index (χ0) is 11.2. The van der Waals surface area contributed by atoms with Crippen molar-refractivity contribution in [1.29, 1.82) is 0 Å². The summed E-state index contributed by atoms with van der Waals surface area (Å²) >= 11 is 0. The lowest BCUT2D eigenvalue weighted by molar-refractivity contribution is 0.338. The fourth-order valence-corrected chi connectivity index (χ4v) is 2.26. The van der Waals surface area contributed by atoms with Gasteiger partial charge in [-0.1, -0.05) is 0 Å². The van der Waals surface area contributed by atoms with E-state index in [2.05, 4.69) is 17.6 Å². The number of furan rings is 1. The summed E-state index contributed by atoms with van der Waals surface area (Å²) in [5, 5.41) is 7.00. The summed E-state index contributed by atoms with van der Waals surface area (Å²) in [6, 6.07) is 4.50. The predicted octanol–water partition coefficient (Wildman–Crippen LogP) is 1.80. The smallest absolute Gasteiger partial charge is 0.105 e. The van der Waals surface area contributed by atoms with Crippen LogP contribution >= 0.6 is 0 Å². The Morgan fingerprint density at radius 1 is 1.50 bits per heavy atom. The highest BCUT2D eigenvalue weighted by molar-refractivity contribution is 4.99. The summed E-state index contributed by atoms with van der Waals surface area (Å²) in [6.45, 7) is 5.73. The van der Waals surface area contributed by atoms with Crippen molar-refractivity contribution in [3.05, 3.63) is 24.2 Å². The van der Waals surface area contributed by atoms with Crippen molar-refractivity contribution in [2.75, 3.05) is 19.6 Å². The SMILES string of the molecule is CC(Cc1ccco1)NCC1CCNCC1. The Hall–Kier alpha value is -0.800. The van der Waals surface area contributed by atoms with Crippen molar-refractivity contribution < 1.29 is 4.42 Å². The molecule has 1 aliphatic rings. The first-order chi connectivity index (χ1) is 7.84. The van der Waals surface area contributed by atoms with E-state index in [1.807, 2.05) is 12.1 Å². The second kappa shape index (κ2) is 6.06. The molecule has 2 rings (SSSR count). The van der Waals surface area contributed by atoms with Crippen molar-refractivity contribution >= 4 is 0 Å². The average molecular weight is 222 g/mol. The molecule has 1 aromatic rings. The van der Waals surface area contributed by atoms with Gasteiger partial charge in [0, 0.05) is 12.5 Å². The van der Waals surface area contributed by atoms with Gasteiger partial charge in [-0.15, -0.1) is 0 Å². The van der Waals surface area contributed by atoms with Crippen LogP contribution in [0.4, 0.5) is 0 Å². The zero-order valence-electron chi connectivity index (χ0n) is 10.0. The summed E-state index contributed by atoms with van der Waals surface area (Å²) in [4.78, 5) is 0. The van der Waals surface area contributed by atoms with Crippen molar-refractivity contribution in [2.45, 2.75) is 32.2 Å². The van der Waals surface area contributed by atoms with Gasteiger partial charge in [0.15, 0.2) is 0 Å². The van der Waals surface area contributed by atoms with E-state index < -0.39 is 0 Å². The van der Waals surface area contributed by atoms with Crippen LogP contribution in [-0.4, -0.2) is 25.7 Å². The van der Waals surface area contributed by atoms with E-state index in [4.69, 9.17) is 4.42 Å². The molecule has 1 saturated heterocycles. The van der Waals surface area contributed by atoms with E-state index in [1.165, 1.54) is 25.9 Å². The Labute approximate surface area is 97.6 Å². The molecule has 0 amide bonds. The largest absolute Gasteiger partial charge is 0.469 e. The molecule has 2 heterocycles. The Kier molecular flexibility index (Phi) is 4.43. The highest BCUT2D eigenvalue weighted by atomic mass is 16.3. The molecule has 1 atom stereocenters. The average Bonchev–Trinajstić information content (AvgIpc) is 2.81. The summed E-state index contributed by atoms with van der Waals surface area (Å²) < 4.78 is 5.35. The van der Waals surface area contributed by atoms with Crippen LogP contribution in [0.3, 0.4) is 0 Å². The Bertz CT molecular complexity index is 278. The fourth-order valence-electron chi connectivity index (χ4n) is 2.26. The summed E-state index contributed by atoms with van der Waals surface area (Å²) in [5.41, 5.74) is 0.